The first-order valence-corrected chi connectivity index (χ1v) is 4.11. The van der Waals surface area contributed by atoms with Crippen LogP contribution >= 0.6 is 0 Å². The third-order valence-corrected chi connectivity index (χ3v) is 1.41. The molecular weight excluding hydrogens is 170 g/mol. The number of rotatable bonds is 5. The van der Waals surface area contributed by atoms with Gasteiger partial charge in [0.25, 0.3) is 0 Å². The Labute approximate surface area is 77.7 Å². The van der Waals surface area contributed by atoms with Crippen LogP contribution < -0.4 is 0 Å². The van der Waals surface area contributed by atoms with Crippen LogP contribution in [0, 0.1) is 11.3 Å². The van der Waals surface area contributed by atoms with Crippen LogP contribution in [0.1, 0.15) is 26.2 Å². The van der Waals surface area contributed by atoms with Crippen LogP contribution in [0.2, 0.25) is 0 Å². The van der Waals surface area contributed by atoms with E-state index in [9.17, 15) is 4.79 Å². The highest BCUT2D eigenvalue weighted by molar-refractivity contribution is 5.92. The largest absolute Gasteiger partial charge is 0.383 e. The van der Waals surface area contributed by atoms with E-state index in [1.807, 2.05) is 6.92 Å². The first-order valence-electron chi connectivity index (χ1n) is 4.11. The van der Waals surface area contributed by atoms with Crippen LogP contribution in [0.15, 0.2) is 11.6 Å². The van der Waals surface area contributed by atoms with Crippen molar-refractivity contribution in [3.63, 3.8) is 0 Å². The second kappa shape index (κ2) is 7.32. The average molecular weight is 183 g/mol. The van der Waals surface area contributed by atoms with Gasteiger partial charge in [-0.2, -0.15) is 10.1 Å². The minimum absolute atomic E-state index is 0.00435. The number of allylic oxidation sites excluding steroid dienone is 1. The summed E-state index contributed by atoms with van der Waals surface area (Å²) in [6, 6.07) is 1.75. The van der Waals surface area contributed by atoms with Gasteiger partial charge < -0.3 is 0 Å². The monoisotopic (exact) mass is 183 g/mol. The molecule has 72 valence electrons. The van der Waals surface area contributed by atoms with Crippen molar-refractivity contribution in [1.82, 2.24) is 0 Å². The maximum Gasteiger partial charge on any atom is 0.383 e. The fourth-order valence-electron chi connectivity index (χ4n) is 0.746. The lowest BCUT2D eigenvalue weighted by molar-refractivity contribution is -0.250. The van der Waals surface area contributed by atoms with Crippen LogP contribution in [0.25, 0.3) is 0 Å². The summed E-state index contributed by atoms with van der Waals surface area (Å²) in [6.45, 7) is 2.04. The Morgan fingerprint density at radius 1 is 1.62 bits per heavy atom. The van der Waals surface area contributed by atoms with Crippen LogP contribution in [0.3, 0.4) is 0 Å². The van der Waals surface area contributed by atoms with Crippen LogP contribution in [0.4, 0.5) is 0 Å². The third kappa shape index (κ3) is 4.99. The van der Waals surface area contributed by atoms with Crippen molar-refractivity contribution in [2.45, 2.75) is 26.2 Å². The molecule has 0 N–H and O–H groups in total. The summed E-state index contributed by atoms with van der Waals surface area (Å²) in [6.07, 6.45) is 4.24. The van der Waals surface area contributed by atoms with Gasteiger partial charge in [-0.3, -0.25) is 4.89 Å². The summed E-state index contributed by atoms with van der Waals surface area (Å²) in [7, 11) is 1.22. The average Bonchev–Trinajstić information content (AvgIpc) is 2.13. The fourth-order valence-corrected chi connectivity index (χ4v) is 0.746. The number of carbonyl (C=O) groups is 1. The van der Waals surface area contributed by atoms with Gasteiger partial charge in [-0.1, -0.05) is 25.8 Å². The lowest BCUT2D eigenvalue weighted by atomic mass is 10.2. The Bertz CT molecular complexity index is 228. The van der Waals surface area contributed by atoms with Crippen molar-refractivity contribution in [2.75, 3.05) is 7.11 Å². The van der Waals surface area contributed by atoms with Crippen LogP contribution in [0.5, 0.6) is 0 Å². The van der Waals surface area contributed by atoms with E-state index in [0.717, 1.165) is 12.8 Å². The molecule has 0 amide bonds. The Morgan fingerprint density at radius 3 is 2.77 bits per heavy atom. The Morgan fingerprint density at radius 2 is 2.31 bits per heavy atom. The van der Waals surface area contributed by atoms with Crippen molar-refractivity contribution < 1.29 is 14.6 Å². The molecule has 0 saturated heterocycles. The molecule has 0 aliphatic heterocycles. The predicted octanol–water partition coefficient (Wildman–Crippen LogP) is 1.73. The zero-order chi connectivity index (χ0) is 10.1. The number of nitriles is 1. The van der Waals surface area contributed by atoms with E-state index in [1.54, 1.807) is 12.1 Å². The number of unbranched alkanes of at least 4 members (excludes halogenated alkanes) is 2. The van der Waals surface area contributed by atoms with E-state index >= 15 is 0 Å². The first-order chi connectivity index (χ1) is 6.26. The van der Waals surface area contributed by atoms with Crippen molar-refractivity contribution in [1.29, 1.82) is 5.26 Å². The van der Waals surface area contributed by atoms with Crippen molar-refractivity contribution in [3.8, 4) is 6.07 Å². The second-order valence-electron chi connectivity index (χ2n) is 2.41. The highest BCUT2D eigenvalue weighted by atomic mass is 17.2. The molecule has 0 saturated carbocycles. The van der Waals surface area contributed by atoms with Crippen molar-refractivity contribution in [3.05, 3.63) is 11.6 Å². The Hall–Kier alpha value is -1.34. The van der Waals surface area contributed by atoms with E-state index in [4.69, 9.17) is 5.26 Å². The summed E-state index contributed by atoms with van der Waals surface area (Å²) < 4.78 is 0. The minimum Gasteiger partial charge on any atom is -0.292 e. The fraction of sp³-hybridized carbons (Fsp3) is 0.556. The van der Waals surface area contributed by atoms with Gasteiger partial charge in [-0.05, 0) is 6.42 Å². The van der Waals surface area contributed by atoms with Gasteiger partial charge in [0.15, 0.2) is 0 Å². The SMILES string of the molecule is CCCCC=C(C#N)C(=O)OOC. The molecule has 0 aromatic carbocycles. The molecule has 4 nitrogen and oxygen atoms in total. The van der Waals surface area contributed by atoms with E-state index in [1.165, 1.54) is 7.11 Å². The summed E-state index contributed by atoms with van der Waals surface area (Å²) >= 11 is 0. The highest BCUT2D eigenvalue weighted by Crippen LogP contribution is 2.02. The molecule has 0 aromatic rings. The van der Waals surface area contributed by atoms with Gasteiger partial charge >= 0.3 is 5.97 Å². The van der Waals surface area contributed by atoms with Crippen LogP contribution in [-0.4, -0.2) is 13.1 Å². The molecule has 0 heterocycles. The maximum atomic E-state index is 10.9. The topological polar surface area (TPSA) is 59.3 Å². The molecule has 0 spiro atoms. The molecule has 0 atom stereocenters. The van der Waals surface area contributed by atoms with Gasteiger partial charge in [0.1, 0.15) is 11.6 Å². The Balaban J connectivity index is 4.09. The molecular formula is C9H13NO3. The normalized spacial score (nSPS) is 10.7. The zero-order valence-corrected chi connectivity index (χ0v) is 7.87. The molecule has 0 aromatic heterocycles. The Kier molecular flexibility index (Phi) is 6.56. The predicted molar refractivity (Wildman–Crippen MR) is 46.3 cm³/mol. The smallest absolute Gasteiger partial charge is 0.292 e. The summed E-state index contributed by atoms with van der Waals surface area (Å²) in [5.41, 5.74) is -0.00435. The van der Waals surface area contributed by atoms with Gasteiger partial charge in [-0.25, -0.2) is 4.79 Å². The highest BCUT2D eigenvalue weighted by Gasteiger charge is 2.09. The third-order valence-electron chi connectivity index (χ3n) is 1.41. The maximum absolute atomic E-state index is 10.9. The molecule has 0 fully saturated rings. The first kappa shape index (κ1) is 11.7. The second-order valence-corrected chi connectivity index (χ2v) is 2.41. The molecule has 4 heteroatoms. The van der Waals surface area contributed by atoms with Crippen molar-refractivity contribution in [2.24, 2.45) is 0 Å². The van der Waals surface area contributed by atoms with Gasteiger partial charge in [0.05, 0.1) is 7.11 Å². The van der Waals surface area contributed by atoms with E-state index in [0.29, 0.717) is 6.42 Å². The van der Waals surface area contributed by atoms with Gasteiger partial charge in [-0.15, -0.1) is 0 Å². The number of nitrogens with zero attached hydrogens (tertiary/aromatic N) is 1. The molecule has 0 aliphatic carbocycles. The lowest BCUT2D eigenvalue weighted by Crippen LogP contribution is -2.05. The number of hydrogen-bond acceptors (Lipinski definition) is 4. The molecule has 0 aliphatic rings. The molecule has 13 heavy (non-hydrogen) atoms. The molecule has 0 bridgehead atoms. The quantitative estimate of drug-likeness (QED) is 0.214. The lowest BCUT2D eigenvalue weighted by Gasteiger charge is -1.96. The molecule has 0 rings (SSSR count). The van der Waals surface area contributed by atoms with Gasteiger partial charge in [0.2, 0.25) is 0 Å². The summed E-state index contributed by atoms with van der Waals surface area (Å²) in [4.78, 5) is 19.3. The van der Waals surface area contributed by atoms with Crippen molar-refractivity contribution >= 4 is 5.97 Å². The molecule has 0 radical (unpaired) electrons. The van der Waals surface area contributed by atoms with Gasteiger partial charge in [0, 0.05) is 0 Å². The minimum atomic E-state index is -0.735. The van der Waals surface area contributed by atoms with E-state index in [2.05, 4.69) is 9.78 Å². The zero-order valence-electron chi connectivity index (χ0n) is 7.87. The number of carbonyl (C=O) groups excluding carboxylic acids is 1. The number of hydrogen-bond donors (Lipinski definition) is 0. The van der Waals surface area contributed by atoms with E-state index < -0.39 is 5.97 Å². The molecule has 0 unspecified atom stereocenters. The van der Waals surface area contributed by atoms with Crippen LogP contribution in [-0.2, 0) is 14.6 Å². The van der Waals surface area contributed by atoms with E-state index in [-0.39, 0.29) is 5.57 Å². The standard InChI is InChI=1S/C9H13NO3/c1-3-4-5-6-8(7-10)9(11)13-12-2/h6H,3-5H2,1-2H3. The summed E-state index contributed by atoms with van der Waals surface area (Å²) in [5, 5.41) is 8.55. The summed E-state index contributed by atoms with van der Waals surface area (Å²) in [5.74, 6) is -0.735.